The lowest BCUT2D eigenvalue weighted by Crippen LogP contribution is -2.25. The van der Waals surface area contributed by atoms with Gasteiger partial charge in [0.1, 0.15) is 5.69 Å². The molecule has 0 unspecified atom stereocenters. The summed E-state index contributed by atoms with van der Waals surface area (Å²) in [4.78, 5) is 12.3. The molecular weight excluding hydrogens is 288 g/mol. The molecule has 1 aliphatic rings. The Hall–Kier alpha value is -1.78. The maximum atomic E-state index is 12.3. The van der Waals surface area contributed by atoms with E-state index in [0.29, 0.717) is 23.3 Å². The van der Waals surface area contributed by atoms with Gasteiger partial charge in [0.05, 0.1) is 11.6 Å². The summed E-state index contributed by atoms with van der Waals surface area (Å²) in [5, 5.41) is 12.6. The van der Waals surface area contributed by atoms with Crippen molar-refractivity contribution in [3.05, 3.63) is 58.4 Å². The first-order chi connectivity index (χ1) is 10.2. The number of carbonyl (C=O) groups excluding carboxylic acids is 1. The van der Waals surface area contributed by atoms with Crippen LogP contribution in [0.5, 0.6) is 0 Å². The van der Waals surface area contributed by atoms with Gasteiger partial charge in [0.2, 0.25) is 0 Å². The highest BCUT2D eigenvalue weighted by Crippen LogP contribution is 2.37. The second-order valence-corrected chi connectivity index (χ2v) is 5.78. The average Bonchev–Trinajstić information content (AvgIpc) is 3.27. The molecule has 2 N–H and O–H groups in total. The van der Waals surface area contributed by atoms with Crippen molar-refractivity contribution in [2.24, 2.45) is 0 Å². The monoisotopic (exact) mass is 304 g/mol. The highest BCUT2D eigenvalue weighted by Gasteiger charge is 2.27. The van der Waals surface area contributed by atoms with Crippen LogP contribution in [0.3, 0.4) is 0 Å². The van der Waals surface area contributed by atoms with Crippen molar-refractivity contribution in [3.63, 3.8) is 0 Å². The molecule has 0 spiro atoms. The van der Waals surface area contributed by atoms with Gasteiger partial charge in [-0.15, -0.1) is 0 Å². The third-order valence-corrected chi connectivity index (χ3v) is 3.82. The van der Waals surface area contributed by atoms with E-state index in [1.807, 2.05) is 35.0 Å². The number of aliphatic hydroxyl groups is 1. The highest BCUT2D eigenvalue weighted by molar-refractivity contribution is 6.31. The molecule has 0 saturated heterocycles. The van der Waals surface area contributed by atoms with Gasteiger partial charge in [-0.05, 0) is 30.0 Å². The Balaban J connectivity index is 1.69. The highest BCUT2D eigenvalue weighted by atomic mass is 35.5. The van der Waals surface area contributed by atoms with Gasteiger partial charge in [0.25, 0.3) is 5.91 Å². The summed E-state index contributed by atoms with van der Waals surface area (Å²) in [5.74, 6) is -0.122. The van der Waals surface area contributed by atoms with Crippen LogP contribution in [0.25, 0.3) is 0 Å². The Labute approximate surface area is 128 Å². The number of halogens is 1. The maximum Gasteiger partial charge on any atom is 0.268 e. The van der Waals surface area contributed by atoms with Gasteiger partial charge in [0.15, 0.2) is 0 Å². The molecule has 1 fully saturated rings. The smallest absolute Gasteiger partial charge is 0.268 e. The Morgan fingerprint density at radius 2 is 2.10 bits per heavy atom. The minimum atomic E-state index is -0.122. The van der Waals surface area contributed by atoms with Crippen molar-refractivity contribution in [2.75, 3.05) is 0 Å². The number of hydrogen-bond donors (Lipinski definition) is 2. The molecule has 3 rings (SSSR count). The summed E-state index contributed by atoms with van der Waals surface area (Å²) in [5.41, 5.74) is 2.41. The third kappa shape index (κ3) is 3.28. The molecule has 1 amide bonds. The molecular formula is C16H17ClN2O2. The molecule has 1 aliphatic carbocycles. The Morgan fingerprint density at radius 3 is 2.81 bits per heavy atom. The number of aliphatic hydroxyl groups excluding tert-OH is 1. The number of carbonyl (C=O) groups is 1. The SMILES string of the molecule is O=C(NCc1cccc(CO)c1)c1cc(Cl)cn1C1CC1. The molecule has 1 heterocycles. The molecule has 2 aromatic rings. The van der Waals surface area contributed by atoms with Crippen molar-refractivity contribution in [2.45, 2.75) is 32.0 Å². The van der Waals surface area contributed by atoms with Crippen molar-refractivity contribution >= 4 is 17.5 Å². The Bertz CT molecular complexity index is 662. The molecule has 110 valence electrons. The molecule has 0 bridgehead atoms. The summed E-state index contributed by atoms with van der Waals surface area (Å²) in [6, 6.07) is 9.65. The molecule has 1 saturated carbocycles. The normalized spacial score (nSPS) is 14.2. The number of benzene rings is 1. The molecule has 1 aromatic heterocycles. The third-order valence-electron chi connectivity index (χ3n) is 3.62. The van der Waals surface area contributed by atoms with Crippen LogP contribution in [0, 0.1) is 0 Å². The molecule has 0 radical (unpaired) electrons. The summed E-state index contributed by atoms with van der Waals surface area (Å²) in [6.45, 7) is 0.433. The van der Waals surface area contributed by atoms with E-state index in [1.165, 1.54) is 0 Å². The fourth-order valence-corrected chi connectivity index (χ4v) is 2.60. The topological polar surface area (TPSA) is 54.3 Å². The standard InChI is InChI=1S/C16H17ClN2O2/c17-13-7-15(19(9-13)14-4-5-14)16(21)18-8-11-2-1-3-12(6-11)10-20/h1-3,6-7,9,14,20H,4-5,8,10H2,(H,18,21). The number of nitrogens with one attached hydrogen (secondary N) is 1. The first-order valence-electron chi connectivity index (χ1n) is 7.01. The van der Waals surface area contributed by atoms with Crippen molar-refractivity contribution in [1.82, 2.24) is 9.88 Å². The first-order valence-corrected chi connectivity index (χ1v) is 7.39. The van der Waals surface area contributed by atoms with Crippen LogP contribution < -0.4 is 5.32 Å². The van der Waals surface area contributed by atoms with Crippen molar-refractivity contribution < 1.29 is 9.90 Å². The van der Waals surface area contributed by atoms with Gasteiger partial charge in [-0.3, -0.25) is 4.79 Å². The minimum Gasteiger partial charge on any atom is -0.392 e. The molecule has 0 aliphatic heterocycles. The van der Waals surface area contributed by atoms with Gasteiger partial charge in [-0.1, -0.05) is 35.9 Å². The summed E-state index contributed by atoms with van der Waals surface area (Å²) >= 11 is 6.01. The minimum absolute atomic E-state index is 0.00191. The maximum absolute atomic E-state index is 12.3. The fourth-order valence-electron chi connectivity index (χ4n) is 2.39. The van der Waals surface area contributed by atoms with Gasteiger partial charge >= 0.3 is 0 Å². The van der Waals surface area contributed by atoms with E-state index in [4.69, 9.17) is 16.7 Å². The van der Waals surface area contributed by atoms with E-state index in [0.717, 1.165) is 24.0 Å². The summed E-state index contributed by atoms with van der Waals surface area (Å²) < 4.78 is 1.96. The Morgan fingerprint density at radius 1 is 1.33 bits per heavy atom. The number of aromatic nitrogens is 1. The fraction of sp³-hybridized carbons (Fsp3) is 0.312. The Kier molecular flexibility index (Phi) is 3.99. The van der Waals surface area contributed by atoms with E-state index in [9.17, 15) is 4.79 Å². The zero-order chi connectivity index (χ0) is 14.8. The van der Waals surface area contributed by atoms with Gasteiger partial charge < -0.3 is 15.0 Å². The van der Waals surface area contributed by atoms with Gasteiger partial charge in [0, 0.05) is 18.8 Å². The summed E-state index contributed by atoms with van der Waals surface area (Å²) in [7, 11) is 0. The first kappa shape index (κ1) is 14.2. The van der Waals surface area contributed by atoms with Crippen molar-refractivity contribution in [1.29, 1.82) is 0 Å². The van der Waals surface area contributed by atoms with Crippen LogP contribution in [0.15, 0.2) is 36.5 Å². The summed E-state index contributed by atoms with van der Waals surface area (Å²) in [6.07, 6.45) is 4.02. The molecule has 21 heavy (non-hydrogen) atoms. The lowest BCUT2D eigenvalue weighted by Gasteiger charge is -2.09. The lowest BCUT2D eigenvalue weighted by atomic mass is 10.1. The number of hydrogen-bond acceptors (Lipinski definition) is 2. The van der Waals surface area contributed by atoms with E-state index < -0.39 is 0 Å². The lowest BCUT2D eigenvalue weighted by molar-refractivity contribution is 0.0941. The molecule has 4 nitrogen and oxygen atoms in total. The van der Waals surface area contributed by atoms with E-state index >= 15 is 0 Å². The average molecular weight is 305 g/mol. The number of rotatable bonds is 5. The molecule has 5 heteroatoms. The zero-order valence-electron chi connectivity index (χ0n) is 11.6. The van der Waals surface area contributed by atoms with E-state index in [1.54, 1.807) is 6.07 Å². The predicted molar refractivity (Wildman–Crippen MR) is 81.2 cm³/mol. The van der Waals surface area contributed by atoms with Crippen LogP contribution >= 0.6 is 11.6 Å². The van der Waals surface area contributed by atoms with Gasteiger partial charge in [-0.2, -0.15) is 0 Å². The number of amides is 1. The second-order valence-electron chi connectivity index (χ2n) is 5.34. The number of nitrogens with zero attached hydrogens (tertiary/aromatic N) is 1. The predicted octanol–water partition coefficient (Wildman–Crippen LogP) is 2.90. The van der Waals surface area contributed by atoms with Crippen LogP contribution in [0.1, 0.15) is 40.5 Å². The van der Waals surface area contributed by atoms with Crippen LogP contribution in [-0.4, -0.2) is 15.6 Å². The van der Waals surface area contributed by atoms with E-state index in [-0.39, 0.29) is 12.5 Å². The van der Waals surface area contributed by atoms with Gasteiger partial charge in [-0.25, -0.2) is 0 Å². The molecule has 0 atom stereocenters. The van der Waals surface area contributed by atoms with Crippen molar-refractivity contribution in [3.8, 4) is 0 Å². The zero-order valence-corrected chi connectivity index (χ0v) is 12.3. The van der Waals surface area contributed by atoms with E-state index in [2.05, 4.69) is 5.32 Å². The van der Waals surface area contributed by atoms with Crippen LogP contribution in [0.4, 0.5) is 0 Å². The largest absolute Gasteiger partial charge is 0.392 e. The van der Waals surface area contributed by atoms with Crippen LogP contribution in [0.2, 0.25) is 5.02 Å². The second kappa shape index (κ2) is 5.92. The quantitative estimate of drug-likeness (QED) is 0.892. The van der Waals surface area contributed by atoms with Crippen LogP contribution in [-0.2, 0) is 13.2 Å². The molecule has 1 aromatic carbocycles.